The summed E-state index contributed by atoms with van der Waals surface area (Å²) < 4.78 is 0.970. The lowest BCUT2D eigenvalue weighted by Crippen LogP contribution is -2.23. The van der Waals surface area contributed by atoms with Crippen molar-refractivity contribution in [3.05, 3.63) is 57.7 Å². The number of thioether (sulfide) groups is 1. The van der Waals surface area contributed by atoms with Gasteiger partial charge in [0.2, 0.25) is 0 Å². The molecule has 2 unspecified atom stereocenters. The van der Waals surface area contributed by atoms with Crippen LogP contribution in [0, 0.1) is 0 Å². The third-order valence-electron chi connectivity index (χ3n) is 2.65. The SMILES string of the molecule is CC(N)C(Sc1ncccc1Br)c1ccccc1Cl. The number of nitrogens with two attached hydrogens (primary N) is 1. The van der Waals surface area contributed by atoms with Crippen LogP contribution in [-0.2, 0) is 0 Å². The molecule has 0 aliphatic rings. The molecular weight excluding hydrogens is 344 g/mol. The minimum Gasteiger partial charge on any atom is -0.327 e. The molecule has 0 spiro atoms. The number of hydrogen-bond donors (Lipinski definition) is 1. The molecule has 0 amide bonds. The standard InChI is InChI=1S/C14H14BrClN2S/c1-9(17)13(10-5-2-3-7-12(10)16)19-14-11(15)6-4-8-18-14/h2-9,13H,17H2,1H3. The van der Waals surface area contributed by atoms with E-state index >= 15 is 0 Å². The Bertz CT molecular complexity index is 563. The molecule has 1 heterocycles. The maximum atomic E-state index is 6.27. The van der Waals surface area contributed by atoms with Gasteiger partial charge in [0.05, 0.1) is 5.25 Å². The Morgan fingerprint density at radius 2 is 2.00 bits per heavy atom. The first-order valence-corrected chi connectivity index (χ1v) is 7.92. The molecule has 0 saturated carbocycles. The van der Waals surface area contributed by atoms with Gasteiger partial charge in [-0.2, -0.15) is 0 Å². The smallest absolute Gasteiger partial charge is 0.111 e. The van der Waals surface area contributed by atoms with E-state index in [0.29, 0.717) is 0 Å². The summed E-state index contributed by atoms with van der Waals surface area (Å²) in [4.78, 5) is 4.37. The van der Waals surface area contributed by atoms with Gasteiger partial charge < -0.3 is 5.73 Å². The van der Waals surface area contributed by atoms with E-state index in [9.17, 15) is 0 Å². The molecule has 2 N–H and O–H groups in total. The molecule has 2 aromatic rings. The molecular formula is C14H14BrClN2S. The molecule has 2 nitrogen and oxygen atoms in total. The molecule has 0 aliphatic heterocycles. The van der Waals surface area contributed by atoms with Crippen LogP contribution in [0.4, 0.5) is 0 Å². The third-order valence-corrected chi connectivity index (χ3v) is 5.38. The molecule has 0 aliphatic carbocycles. The van der Waals surface area contributed by atoms with Crippen LogP contribution in [0.2, 0.25) is 5.02 Å². The Kier molecular flexibility index (Phi) is 5.28. The summed E-state index contributed by atoms with van der Waals surface area (Å²) >= 11 is 11.4. The van der Waals surface area contributed by atoms with Crippen LogP contribution in [-0.4, -0.2) is 11.0 Å². The predicted octanol–water partition coefficient (Wildman–Crippen LogP) is 4.68. The monoisotopic (exact) mass is 356 g/mol. The molecule has 0 radical (unpaired) electrons. The van der Waals surface area contributed by atoms with Crippen LogP contribution in [0.15, 0.2) is 52.1 Å². The molecule has 1 aromatic carbocycles. The second-order valence-corrected chi connectivity index (χ2v) is 6.60. The second kappa shape index (κ2) is 6.75. The van der Waals surface area contributed by atoms with Gasteiger partial charge in [-0.25, -0.2) is 4.98 Å². The first-order chi connectivity index (χ1) is 9.09. The normalized spacial score (nSPS) is 14.1. The first-order valence-electron chi connectivity index (χ1n) is 5.86. The fourth-order valence-corrected chi connectivity index (χ4v) is 3.68. The van der Waals surface area contributed by atoms with Crippen molar-refractivity contribution in [3.63, 3.8) is 0 Å². The largest absolute Gasteiger partial charge is 0.327 e. The highest BCUT2D eigenvalue weighted by atomic mass is 79.9. The van der Waals surface area contributed by atoms with Gasteiger partial charge in [0, 0.05) is 21.7 Å². The summed E-state index contributed by atoms with van der Waals surface area (Å²) in [6, 6.07) is 11.6. The highest BCUT2D eigenvalue weighted by molar-refractivity contribution is 9.10. The quantitative estimate of drug-likeness (QED) is 0.808. The van der Waals surface area contributed by atoms with E-state index in [2.05, 4.69) is 20.9 Å². The molecule has 2 rings (SSSR count). The molecule has 100 valence electrons. The van der Waals surface area contributed by atoms with E-state index < -0.39 is 0 Å². The second-order valence-electron chi connectivity index (χ2n) is 4.21. The van der Waals surface area contributed by atoms with Gasteiger partial charge in [-0.05, 0) is 46.6 Å². The van der Waals surface area contributed by atoms with Gasteiger partial charge >= 0.3 is 0 Å². The minimum absolute atomic E-state index is 0.0289. The zero-order valence-corrected chi connectivity index (χ0v) is 13.5. The van der Waals surface area contributed by atoms with Crippen molar-refractivity contribution in [2.45, 2.75) is 23.2 Å². The predicted molar refractivity (Wildman–Crippen MR) is 85.6 cm³/mol. The molecule has 1 aromatic heterocycles. The van der Waals surface area contributed by atoms with Gasteiger partial charge in [-0.15, -0.1) is 0 Å². The topological polar surface area (TPSA) is 38.9 Å². The first kappa shape index (κ1) is 14.9. The van der Waals surface area contributed by atoms with Crippen LogP contribution in [0.3, 0.4) is 0 Å². The van der Waals surface area contributed by atoms with E-state index in [4.69, 9.17) is 17.3 Å². The third kappa shape index (κ3) is 3.72. The van der Waals surface area contributed by atoms with Crippen molar-refractivity contribution >= 4 is 39.3 Å². The van der Waals surface area contributed by atoms with Gasteiger partial charge in [0.15, 0.2) is 0 Å². The summed E-state index contributed by atoms with van der Waals surface area (Å²) in [5, 5.41) is 1.73. The van der Waals surface area contributed by atoms with Crippen LogP contribution in [0.25, 0.3) is 0 Å². The number of benzene rings is 1. The Hall–Kier alpha value is -0.550. The lowest BCUT2D eigenvalue weighted by atomic mass is 10.1. The van der Waals surface area contributed by atoms with E-state index in [1.54, 1.807) is 18.0 Å². The van der Waals surface area contributed by atoms with Gasteiger partial charge in [0.25, 0.3) is 0 Å². The number of rotatable bonds is 4. The maximum absolute atomic E-state index is 6.27. The van der Waals surface area contributed by atoms with E-state index in [1.807, 2.05) is 43.3 Å². The van der Waals surface area contributed by atoms with Crippen LogP contribution in [0.1, 0.15) is 17.7 Å². The number of pyridine rings is 1. The van der Waals surface area contributed by atoms with Crippen molar-refractivity contribution in [3.8, 4) is 0 Å². The van der Waals surface area contributed by atoms with Gasteiger partial charge in [-0.3, -0.25) is 0 Å². The van der Waals surface area contributed by atoms with Crippen molar-refractivity contribution < 1.29 is 0 Å². The molecule has 5 heteroatoms. The summed E-state index contributed by atoms with van der Waals surface area (Å²) in [6.45, 7) is 1.98. The number of nitrogens with zero attached hydrogens (tertiary/aromatic N) is 1. The Labute approximate surface area is 130 Å². The molecule has 0 bridgehead atoms. The number of halogens is 2. The van der Waals surface area contributed by atoms with Crippen molar-refractivity contribution in [2.24, 2.45) is 5.73 Å². The maximum Gasteiger partial charge on any atom is 0.111 e. The fraction of sp³-hybridized carbons (Fsp3) is 0.214. The zero-order chi connectivity index (χ0) is 13.8. The van der Waals surface area contributed by atoms with Gasteiger partial charge in [-0.1, -0.05) is 41.6 Å². The number of aromatic nitrogens is 1. The minimum atomic E-state index is -0.0289. The Morgan fingerprint density at radius 1 is 1.26 bits per heavy atom. The lowest BCUT2D eigenvalue weighted by molar-refractivity contribution is 0.720. The number of hydrogen-bond acceptors (Lipinski definition) is 3. The lowest BCUT2D eigenvalue weighted by Gasteiger charge is -2.21. The van der Waals surface area contributed by atoms with Crippen molar-refractivity contribution in [1.82, 2.24) is 4.98 Å². The Morgan fingerprint density at radius 3 is 2.63 bits per heavy atom. The van der Waals surface area contributed by atoms with Crippen LogP contribution >= 0.6 is 39.3 Å². The van der Waals surface area contributed by atoms with E-state index in [1.165, 1.54) is 0 Å². The van der Waals surface area contributed by atoms with Crippen LogP contribution < -0.4 is 5.73 Å². The summed E-state index contributed by atoms with van der Waals surface area (Å²) in [6.07, 6.45) is 1.78. The molecule has 0 saturated heterocycles. The zero-order valence-electron chi connectivity index (χ0n) is 10.4. The Balaban J connectivity index is 2.33. The molecule has 0 fully saturated rings. The molecule has 2 atom stereocenters. The average Bonchev–Trinajstić information content (AvgIpc) is 2.38. The summed E-state index contributed by atoms with van der Waals surface area (Å²) in [5.74, 6) is 0. The fourth-order valence-electron chi connectivity index (χ4n) is 1.74. The highest BCUT2D eigenvalue weighted by Crippen LogP contribution is 2.41. The summed E-state index contributed by atoms with van der Waals surface area (Å²) in [7, 11) is 0. The van der Waals surface area contributed by atoms with E-state index in [0.717, 1.165) is 20.1 Å². The summed E-state index contributed by atoms with van der Waals surface area (Å²) in [5.41, 5.74) is 7.16. The highest BCUT2D eigenvalue weighted by Gasteiger charge is 2.21. The van der Waals surface area contributed by atoms with Crippen molar-refractivity contribution in [2.75, 3.05) is 0 Å². The van der Waals surface area contributed by atoms with Crippen LogP contribution in [0.5, 0.6) is 0 Å². The molecule has 19 heavy (non-hydrogen) atoms. The van der Waals surface area contributed by atoms with E-state index in [-0.39, 0.29) is 11.3 Å². The van der Waals surface area contributed by atoms with Crippen molar-refractivity contribution in [1.29, 1.82) is 0 Å². The average molecular weight is 358 g/mol. The van der Waals surface area contributed by atoms with Gasteiger partial charge in [0.1, 0.15) is 5.03 Å².